The first kappa shape index (κ1) is 22.7. The minimum absolute atomic E-state index is 0.178. The molecule has 0 bridgehead atoms. The van der Waals surface area contributed by atoms with Gasteiger partial charge in [0.25, 0.3) is 0 Å². The van der Waals surface area contributed by atoms with Crippen molar-refractivity contribution < 1.29 is 5.11 Å². The van der Waals surface area contributed by atoms with E-state index < -0.39 is 6.10 Å². The van der Waals surface area contributed by atoms with E-state index in [0.717, 1.165) is 49.8 Å². The fourth-order valence-corrected chi connectivity index (χ4v) is 5.47. The molecule has 0 radical (unpaired) electrons. The molecule has 1 fully saturated rings. The number of nitrogens with one attached hydrogen (secondary N) is 1. The van der Waals surface area contributed by atoms with Crippen LogP contribution < -0.4 is 10.2 Å². The first-order valence-electron chi connectivity index (χ1n) is 12.7. The Morgan fingerprint density at radius 2 is 1.56 bits per heavy atom. The summed E-state index contributed by atoms with van der Waals surface area (Å²) in [5.74, 6) is 1.59. The Kier molecular flexibility index (Phi) is 6.36. The Morgan fingerprint density at radius 1 is 0.806 bits per heavy atom. The third kappa shape index (κ3) is 4.83. The zero-order valence-corrected chi connectivity index (χ0v) is 20.3. The van der Waals surface area contributed by atoms with Gasteiger partial charge in [-0.2, -0.15) is 0 Å². The van der Waals surface area contributed by atoms with E-state index >= 15 is 0 Å². The molecule has 1 aromatic heterocycles. The number of hydrogen-bond donors (Lipinski definition) is 2. The van der Waals surface area contributed by atoms with E-state index in [-0.39, 0.29) is 6.04 Å². The third-order valence-corrected chi connectivity index (χ3v) is 7.42. The van der Waals surface area contributed by atoms with Crippen molar-refractivity contribution in [3.8, 4) is 11.1 Å². The average Bonchev–Trinajstić information content (AvgIpc) is 2.94. The van der Waals surface area contributed by atoms with Crippen LogP contribution in [0.2, 0.25) is 0 Å². The van der Waals surface area contributed by atoms with Crippen molar-refractivity contribution >= 4 is 17.3 Å². The van der Waals surface area contributed by atoms with E-state index in [1.807, 2.05) is 12.1 Å². The van der Waals surface area contributed by atoms with Crippen LogP contribution in [0.5, 0.6) is 0 Å². The van der Waals surface area contributed by atoms with E-state index in [1.54, 1.807) is 6.33 Å². The van der Waals surface area contributed by atoms with Crippen molar-refractivity contribution in [2.75, 3.05) is 29.9 Å². The van der Waals surface area contributed by atoms with Crippen molar-refractivity contribution in [2.45, 2.75) is 31.5 Å². The molecule has 0 aliphatic carbocycles. The number of nitrogens with zero attached hydrogens (tertiary/aromatic N) is 4. The predicted octanol–water partition coefficient (Wildman–Crippen LogP) is 4.89. The van der Waals surface area contributed by atoms with Crippen LogP contribution in [0.15, 0.2) is 91.3 Å². The molecule has 3 aromatic carbocycles. The van der Waals surface area contributed by atoms with Gasteiger partial charge >= 0.3 is 0 Å². The van der Waals surface area contributed by atoms with Crippen molar-refractivity contribution in [1.82, 2.24) is 14.9 Å². The molecule has 2 aliphatic heterocycles. The highest BCUT2D eigenvalue weighted by molar-refractivity contribution is 5.68. The summed E-state index contributed by atoms with van der Waals surface area (Å²) >= 11 is 0. The van der Waals surface area contributed by atoms with E-state index in [4.69, 9.17) is 0 Å². The fourth-order valence-electron chi connectivity index (χ4n) is 5.47. The highest BCUT2D eigenvalue weighted by atomic mass is 16.3. The molecule has 0 saturated carbocycles. The Morgan fingerprint density at radius 3 is 2.36 bits per heavy atom. The van der Waals surface area contributed by atoms with Crippen LogP contribution >= 0.6 is 0 Å². The molecule has 6 rings (SSSR count). The molecule has 2 atom stereocenters. The minimum atomic E-state index is -0.416. The third-order valence-electron chi connectivity index (χ3n) is 7.42. The summed E-state index contributed by atoms with van der Waals surface area (Å²) in [6, 6.07) is 29.5. The molecule has 4 aromatic rings. The molecule has 1 saturated heterocycles. The standard InChI is InChI=1S/C30H31N5O/c36-28-20-35(17-15-27(28)34-16-14-23-8-4-5-9-25(23)19-34)30-18-29(31-21-32-30)33-26-12-10-24(11-13-26)22-6-2-1-3-7-22/h1-13,18,21,27-28,36H,14-17,19-20H2,(H,31,32,33). The molecule has 6 nitrogen and oxygen atoms in total. The Labute approximate surface area is 212 Å². The summed E-state index contributed by atoms with van der Waals surface area (Å²) < 4.78 is 0. The van der Waals surface area contributed by atoms with Gasteiger partial charge in [0.15, 0.2) is 0 Å². The zero-order valence-electron chi connectivity index (χ0n) is 20.3. The Bertz CT molecular complexity index is 1310. The molecular formula is C30H31N5O. The molecule has 2 N–H and O–H groups in total. The van der Waals surface area contributed by atoms with Gasteiger partial charge in [-0.25, -0.2) is 9.97 Å². The first-order valence-corrected chi connectivity index (χ1v) is 12.7. The van der Waals surface area contributed by atoms with Gasteiger partial charge in [0, 0.05) is 44.0 Å². The van der Waals surface area contributed by atoms with E-state index in [9.17, 15) is 5.11 Å². The maximum atomic E-state index is 11.1. The van der Waals surface area contributed by atoms with Crippen LogP contribution in [-0.2, 0) is 13.0 Å². The summed E-state index contributed by atoms with van der Waals surface area (Å²) in [5, 5.41) is 14.5. The van der Waals surface area contributed by atoms with Gasteiger partial charge in [0.05, 0.1) is 6.10 Å². The fraction of sp³-hybridized carbons (Fsp3) is 0.267. The average molecular weight is 478 g/mol. The summed E-state index contributed by atoms with van der Waals surface area (Å²) in [5.41, 5.74) is 6.18. The molecule has 3 heterocycles. The summed E-state index contributed by atoms with van der Waals surface area (Å²) in [7, 11) is 0. The molecular weight excluding hydrogens is 446 g/mol. The maximum Gasteiger partial charge on any atom is 0.135 e. The molecule has 36 heavy (non-hydrogen) atoms. The van der Waals surface area contributed by atoms with Crippen LogP contribution in [0.1, 0.15) is 17.5 Å². The van der Waals surface area contributed by atoms with Crippen LogP contribution in [0.25, 0.3) is 11.1 Å². The molecule has 6 heteroatoms. The number of hydrogen-bond acceptors (Lipinski definition) is 6. The lowest BCUT2D eigenvalue weighted by atomic mass is 9.94. The summed E-state index contributed by atoms with van der Waals surface area (Å²) in [6.07, 6.45) is 3.14. The van der Waals surface area contributed by atoms with Gasteiger partial charge in [0.2, 0.25) is 0 Å². The topological polar surface area (TPSA) is 64.5 Å². The van der Waals surface area contributed by atoms with Crippen molar-refractivity contribution in [2.24, 2.45) is 0 Å². The summed E-state index contributed by atoms with van der Waals surface area (Å²) in [4.78, 5) is 13.6. The van der Waals surface area contributed by atoms with E-state index in [1.165, 1.54) is 22.3 Å². The normalized spacial score (nSPS) is 20.1. The SMILES string of the molecule is OC1CN(c2cc(Nc3ccc(-c4ccccc4)cc3)ncn2)CCC1N1CCc2ccccc2C1. The Hall–Kier alpha value is -3.74. The molecule has 182 valence electrons. The molecule has 2 aliphatic rings. The summed E-state index contributed by atoms with van der Waals surface area (Å²) in [6.45, 7) is 3.36. The van der Waals surface area contributed by atoms with Gasteiger partial charge in [0.1, 0.15) is 18.0 Å². The number of β-amino-alcohol motifs (C(OH)–C–C–N with tert-alkyl or cyclic N) is 1. The van der Waals surface area contributed by atoms with Crippen LogP contribution in [0.4, 0.5) is 17.3 Å². The van der Waals surface area contributed by atoms with Gasteiger partial charge in [-0.3, -0.25) is 4.90 Å². The van der Waals surface area contributed by atoms with Crippen LogP contribution in [0.3, 0.4) is 0 Å². The molecule has 0 spiro atoms. The van der Waals surface area contributed by atoms with Gasteiger partial charge in [-0.15, -0.1) is 0 Å². The second-order valence-electron chi connectivity index (χ2n) is 9.69. The highest BCUT2D eigenvalue weighted by Crippen LogP contribution is 2.28. The number of fused-ring (bicyclic) bond motifs is 1. The highest BCUT2D eigenvalue weighted by Gasteiger charge is 2.34. The second-order valence-corrected chi connectivity index (χ2v) is 9.69. The number of aromatic nitrogens is 2. The first-order chi connectivity index (χ1) is 17.7. The number of rotatable bonds is 5. The van der Waals surface area contributed by atoms with Crippen LogP contribution in [0, 0.1) is 0 Å². The van der Waals surface area contributed by atoms with Crippen molar-refractivity contribution in [3.63, 3.8) is 0 Å². The van der Waals surface area contributed by atoms with Gasteiger partial charge < -0.3 is 15.3 Å². The minimum Gasteiger partial charge on any atom is -0.390 e. The largest absolute Gasteiger partial charge is 0.390 e. The predicted molar refractivity (Wildman–Crippen MR) is 144 cm³/mol. The number of aliphatic hydroxyl groups is 1. The zero-order chi connectivity index (χ0) is 24.3. The molecule has 0 amide bonds. The number of anilines is 3. The lowest BCUT2D eigenvalue weighted by Gasteiger charge is -2.43. The van der Waals surface area contributed by atoms with Crippen LogP contribution in [-0.4, -0.2) is 51.8 Å². The van der Waals surface area contributed by atoms with Gasteiger partial charge in [-0.1, -0.05) is 66.7 Å². The molecule has 2 unspecified atom stereocenters. The Balaban J connectivity index is 1.10. The van der Waals surface area contributed by atoms with E-state index in [2.05, 4.69) is 97.9 Å². The maximum absolute atomic E-state index is 11.1. The number of piperidine rings is 1. The lowest BCUT2D eigenvalue weighted by molar-refractivity contribution is 0.0293. The second kappa shape index (κ2) is 10.1. The smallest absolute Gasteiger partial charge is 0.135 e. The quantitative estimate of drug-likeness (QED) is 0.427. The van der Waals surface area contributed by atoms with Crippen molar-refractivity contribution in [1.29, 1.82) is 0 Å². The van der Waals surface area contributed by atoms with Crippen molar-refractivity contribution in [3.05, 3.63) is 102 Å². The number of aliphatic hydroxyl groups excluding tert-OH is 1. The number of benzene rings is 3. The monoisotopic (exact) mass is 477 g/mol. The lowest BCUT2D eigenvalue weighted by Crippen LogP contribution is -2.55. The van der Waals surface area contributed by atoms with Gasteiger partial charge in [-0.05, 0) is 47.2 Å². The van der Waals surface area contributed by atoms with E-state index in [0.29, 0.717) is 6.54 Å².